The number of hydrogen-bond acceptors (Lipinski definition) is 5. The average Bonchev–Trinajstić information content (AvgIpc) is 3.28. The van der Waals surface area contributed by atoms with Crippen molar-refractivity contribution < 1.29 is 9.53 Å². The molecule has 3 heterocycles. The molecule has 2 atom stereocenters. The molecule has 2 aromatic carbocycles. The molecule has 1 aliphatic carbocycles. The third-order valence-corrected chi connectivity index (χ3v) is 7.93. The lowest BCUT2D eigenvalue weighted by Gasteiger charge is -2.34. The summed E-state index contributed by atoms with van der Waals surface area (Å²) in [7, 11) is 0. The van der Waals surface area contributed by atoms with Crippen molar-refractivity contribution in [2.45, 2.75) is 51.0 Å². The van der Waals surface area contributed by atoms with Crippen molar-refractivity contribution in [3.05, 3.63) is 53.6 Å². The smallest absolute Gasteiger partial charge is 0.251 e. The van der Waals surface area contributed by atoms with Crippen LogP contribution in [0.1, 0.15) is 49.1 Å². The molecule has 0 bridgehead atoms. The molecule has 1 N–H and O–H groups in total. The molecule has 170 valence electrons. The van der Waals surface area contributed by atoms with Crippen LogP contribution in [-0.2, 0) is 9.53 Å². The Balaban J connectivity index is 1.11. The number of tetrazole rings is 1. The van der Waals surface area contributed by atoms with Crippen molar-refractivity contribution in [1.29, 1.82) is 0 Å². The molecule has 0 radical (unpaired) electrons. The summed E-state index contributed by atoms with van der Waals surface area (Å²) < 4.78 is 5.61. The van der Waals surface area contributed by atoms with E-state index in [2.05, 4.69) is 70.0 Å². The summed E-state index contributed by atoms with van der Waals surface area (Å²) in [6.45, 7) is 4.60. The highest BCUT2D eigenvalue weighted by Crippen LogP contribution is 2.65. The second-order valence-electron chi connectivity index (χ2n) is 9.85. The molecule has 6 rings (SSSR count). The van der Waals surface area contributed by atoms with Gasteiger partial charge in [0.1, 0.15) is 6.10 Å². The Bertz CT molecular complexity index is 1140. The van der Waals surface area contributed by atoms with E-state index in [1.165, 1.54) is 28.7 Å². The van der Waals surface area contributed by atoms with Gasteiger partial charge < -0.3 is 9.64 Å². The van der Waals surface area contributed by atoms with Crippen molar-refractivity contribution >= 4 is 5.91 Å². The van der Waals surface area contributed by atoms with Crippen molar-refractivity contribution in [2.24, 2.45) is 5.41 Å². The predicted octanol–water partition coefficient (Wildman–Crippen LogP) is 4.12. The quantitative estimate of drug-likeness (QED) is 0.656. The largest absolute Gasteiger partial charge is 0.368 e. The predicted molar refractivity (Wildman–Crippen MR) is 124 cm³/mol. The number of likely N-dealkylation sites (tertiary alicyclic amines) is 1. The first-order valence-corrected chi connectivity index (χ1v) is 12.0. The van der Waals surface area contributed by atoms with Gasteiger partial charge in [0.2, 0.25) is 0 Å². The van der Waals surface area contributed by atoms with Crippen LogP contribution in [0.4, 0.5) is 0 Å². The van der Waals surface area contributed by atoms with Gasteiger partial charge in [-0.25, -0.2) is 5.10 Å². The third-order valence-electron chi connectivity index (χ3n) is 7.93. The molecule has 7 nitrogen and oxygen atoms in total. The Kier molecular flexibility index (Phi) is 5.02. The van der Waals surface area contributed by atoms with Crippen LogP contribution in [0, 0.1) is 12.3 Å². The van der Waals surface area contributed by atoms with Gasteiger partial charge in [-0.1, -0.05) is 36.4 Å². The first-order valence-electron chi connectivity index (χ1n) is 12.0. The number of benzene rings is 2. The zero-order chi connectivity index (χ0) is 22.4. The monoisotopic (exact) mass is 443 g/mol. The Hall–Kier alpha value is -3.06. The fourth-order valence-corrected chi connectivity index (χ4v) is 5.83. The van der Waals surface area contributed by atoms with Gasteiger partial charge in [0.25, 0.3) is 5.91 Å². The van der Waals surface area contributed by atoms with Crippen LogP contribution in [0.15, 0.2) is 42.5 Å². The Morgan fingerprint density at radius 3 is 2.58 bits per heavy atom. The van der Waals surface area contributed by atoms with Crippen molar-refractivity contribution in [3.8, 4) is 22.5 Å². The first kappa shape index (κ1) is 20.5. The number of aryl methyl sites for hydroxylation is 1. The molecule has 1 aromatic heterocycles. The molecule has 3 fully saturated rings. The number of amides is 1. The molecule has 7 heteroatoms. The molecule has 1 saturated carbocycles. The minimum Gasteiger partial charge on any atom is -0.368 e. The molecule has 3 aromatic rings. The summed E-state index contributed by atoms with van der Waals surface area (Å²) in [6.07, 6.45) is 5.16. The maximum atomic E-state index is 12.7. The number of aromatic nitrogens is 4. The highest BCUT2D eigenvalue weighted by molar-refractivity contribution is 5.81. The average molecular weight is 444 g/mol. The zero-order valence-corrected chi connectivity index (χ0v) is 19.0. The lowest BCUT2D eigenvalue weighted by molar-refractivity contribution is -0.142. The number of piperidine rings is 1. The molecule has 1 spiro atoms. The fraction of sp³-hybridized carbons (Fsp3) is 0.462. The van der Waals surface area contributed by atoms with Gasteiger partial charge in [-0.3, -0.25) is 4.79 Å². The topological polar surface area (TPSA) is 84.0 Å². The number of carbonyl (C=O) groups is 1. The van der Waals surface area contributed by atoms with Crippen LogP contribution >= 0.6 is 0 Å². The van der Waals surface area contributed by atoms with Gasteiger partial charge in [0.05, 0.1) is 0 Å². The summed E-state index contributed by atoms with van der Waals surface area (Å²) in [5, 5.41) is 14.1. The van der Waals surface area contributed by atoms with E-state index in [1.54, 1.807) is 0 Å². The van der Waals surface area contributed by atoms with Crippen molar-refractivity contribution in [2.75, 3.05) is 19.7 Å². The number of H-pyrrole nitrogens is 1. The lowest BCUT2D eigenvalue weighted by Crippen LogP contribution is -2.44. The van der Waals surface area contributed by atoms with Gasteiger partial charge in [-0.2, -0.15) is 0 Å². The van der Waals surface area contributed by atoms with Gasteiger partial charge >= 0.3 is 0 Å². The number of nitrogens with zero attached hydrogens (tertiary/aromatic N) is 4. The molecule has 0 unspecified atom stereocenters. The van der Waals surface area contributed by atoms with Gasteiger partial charge in [-0.15, -0.1) is 5.10 Å². The number of ether oxygens (including phenoxy) is 1. The molecule has 33 heavy (non-hydrogen) atoms. The molecular formula is C26H29N5O2. The number of rotatable bonds is 4. The zero-order valence-electron chi connectivity index (χ0n) is 19.0. The van der Waals surface area contributed by atoms with Crippen LogP contribution in [0.2, 0.25) is 0 Å². The summed E-state index contributed by atoms with van der Waals surface area (Å²) in [4.78, 5) is 14.7. The van der Waals surface area contributed by atoms with E-state index >= 15 is 0 Å². The minimum absolute atomic E-state index is 0.188. The second-order valence-corrected chi connectivity index (χ2v) is 9.85. The molecule has 2 saturated heterocycles. The van der Waals surface area contributed by atoms with E-state index in [0.29, 0.717) is 17.2 Å². The maximum absolute atomic E-state index is 12.7. The van der Waals surface area contributed by atoms with Gasteiger partial charge in [0, 0.05) is 25.3 Å². The summed E-state index contributed by atoms with van der Waals surface area (Å²) in [5.41, 5.74) is 6.45. The summed E-state index contributed by atoms with van der Waals surface area (Å²) in [5.74, 6) is 1.52. The summed E-state index contributed by atoms with van der Waals surface area (Å²) >= 11 is 0. The van der Waals surface area contributed by atoms with Crippen LogP contribution < -0.4 is 0 Å². The number of aromatic amines is 1. The van der Waals surface area contributed by atoms with Crippen LogP contribution in [0.3, 0.4) is 0 Å². The highest BCUT2D eigenvalue weighted by atomic mass is 16.5. The van der Waals surface area contributed by atoms with E-state index < -0.39 is 0 Å². The lowest BCUT2D eigenvalue weighted by atomic mass is 9.88. The number of carbonyl (C=O) groups excluding carboxylic acids is 1. The molecule has 1 amide bonds. The van der Waals surface area contributed by atoms with Gasteiger partial charge in [-0.05, 0) is 89.1 Å². The fourth-order valence-electron chi connectivity index (χ4n) is 5.83. The van der Waals surface area contributed by atoms with E-state index in [0.717, 1.165) is 50.9 Å². The maximum Gasteiger partial charge on any atom is 0.251 e. The third kappa shape index (κ3) is 3.74. The van der Waals surface area contributed by atoms with E-state index in [1.807, 2.05) is 4.90 Å². The molecular weight excluding hydrogens is 414 g/mol. The number of nitrogens with one attached hydrogen (secondary N) is 1. The Labute approximate surface area is 193 Å². The number of hydrogen-bond donors (Lipinski definition) is 1. The SMILES string of the molecule is Cc1cc(-c2nnn[nH]2)ccc1-c1ccc([C@H]2CC23CCN(C(=O)[C@H]2CCCO2)CC3)cc1. The van der Waals surface area contributed by atoms with Crippen LogP contribution in [0.25, 0.3) is 22.5 Å². The Morgan fingerprint density at radius 2 is 1.91 bits per heavy atom. The van der Waals surface area contributed by atoms with E-state index in [-0.39, 0.29) is 12.0 Å². The van der Waals surface area contributed by atoms with E-state index in [9.17, 15) is 4.79 Å². The normalized spacial score (nSPS) is 23.7. The van der Waals surface area contributed by atoms with Crippen molar-refractivity contribution in [1.82, 2.24) is 25.5 Å². The highest BCUT2D eigenvalue weighted by Gasteiger charge is 2.55. The van der Waals surface area contributed by atoms with Crippen LogP contribution in [-0.4, -0.2) is 57.2 Å². The van der Waals surface area contributed by atoms with Crippen LogP contribution in [0.5, 0.6) is 0 Å². The molecule has 2 aliphatic heterocycles. The van der Waals surface area contributed by atoms with Gasteiger partial charge in [0.15, 0.2) is 5.82 Å². The second kappa shape index (κ2) is 8.06. The molecule has 3 aliphatic rings. The van der Waals surface area contributed by atoms with Crippen molar-refractivity contribution in [3.63, 3.8) is 0 Å². The Morgan fingerprint density at radius 1 is 1.12 bits per heavy atom. The standard InChI is InChI=1S/C26H29N5O2/c1-17-15-20(24-27-29-30-28-24)8-9-21(17)18-4-6-19(7-5-18)22-16-26(22)10-12-31(13-11-26)25(32)23-3-2-14-33-23/h4-9,15,22-23H,2-3,10-14,16H2,1H3,(H,27,28,29,30)/t22-,23-/m1/s1. The van der Waals surface area contributed by atoms with E-state index in [4.69, 9.17) is 4.74 Å². The summed E-state index contributed by atoms with van der Waals surface area (Å²) in [6, 6.07) is 15.4. The first-order chi connectivity index (χ1) is 16.1. The minimum atomic E-state index is -0.188.